The van der Waals surface area contributed by atoms with Crippen LogP contribution in [0.4, 0.5) is 0 Å². The number of ether oxygens (including phenoxy) is 2. The molecule has 1 aliphatic rings. The highest BCUT2D eigenvalue weighted by atomic mass is 35.5. The summed E-state index contributed by atoms with van der Waals surface area (Å²) in [5.41, 5.74) is 1.03. The third-order valence-corrected chi connectivity index (χ3v) is 4.84. The van der Waals surface area contributed by atoms with Crippen molar-refractivity contribution in [3.05, 3.63) is 34.9 Å². The monoisotopic (exact) mass is 277 g/mol. The van der Waals surface area contributed by atoms with Crippen molar-refractivity contribution in [2.24, 2.45) is 0 Å². The molecule has 5 heteroatoms. The van der Waals surface area contributed by atoms with Gasteiger partial charge in [-0.25, -0.2) is 0 Å². The lowest BCUT2D eigenvalue weighted by Crippen LogP contribution is -2.31. The summed E-state index contributed by atoms with van der Waals surface area (Å²) in [7, 11) is 5.05. The van der Waals surface area contributed by atoms with Crippen LogP contribution in [0.25, 0.3) is 0 Å². The Balaban J connectivity index is 2.36. The molecule has 1 atom stereocenters. The minimum absolute atomic E-state index is 0.413. The molecule has 0 saturated heterocycles. The second-order valence-corrected chi connectivity index (χ2v) is 5.75. The van der Waals surface area contributed by atoms with E-state index >= 15 is 0 Å². The minimum atomic E-state index is -0.432. The van der Waals surface area contributed by atoms with Gasteiger partial charge in [-0.05, 0) is 17.7 Å². The first kappa shape index (κ1) is 12.5. The fourth-order valence-corrected chi connectivity index (χ4v) is 3.49. The van der Waals surface area contributed by atoms with Crippen LogP contribution in [0.5, 0.6) is 0 Å². The molecule has 2 rings (SSSR count). The maximum atomic E-state index is 6.17. The zero-order valence-electron chi connectivity index (χ0n) is 8.76. The molecule has 0 fully saturated rings. The predicted molar refractivity (Wildman–Crippen MR) is 67.1 cm³/mol. The molecule has 1 unspecified atom stereocenters. The lowest BCUT2D eigenvalue weighted by Gasteiger charge is -2.25. The van der Waals surface area contributed by atoms with Crippen LogP contribution < -0.4 is 0 Å². The fraction of sp³-hybridized carbons (Fsp3) is 0.364. The van der Waals surface area contributed by atoms with Gasteiger partial charge in [0.05, 0.1) is 23.8 Å². The number of benzene rings is 1. The van der Waals surface area contributed by atoms with E-state index in [9.17, 15) is 0 Å². The molecule has 1 aromatic carbocycles. The zero-order valence-corrected chi connectivity index (χ0v) is 11.1. The van der Waals surface area contributed by atoms with Crippen molar-refractivity contribution < 1.29 is 9.47 Å². The molecule has 1 heterocycles. The van der Waals surface area contributed by atoms with Crippen molar-refractivity contribution in [3.8, 4) is 0 Å². The number of methoxy groups -OCH3 is 1. The van der Waals surface area contributed by atoms with Crippen molar-refractivity contribution in [1.29, 1.82) is 0 Å². The first-order valence-corrected chi connectivity index (χ1v) is 6.27. The number of fused-ring (bicyclic) bond motifs is 1. The molecule has 1 radical (unpaired) electrons. The number of hydrogen-bond acceptors (Lipinski definition) is 3. The Kier molecular flexibility index (Phi) is 3.72. The summed E-state index contributed by atoms with van der Waals surface area (Å²) in [5, 5.41) is 1.18. The van der Waals surface area contributed by atoms with E-state index < -0.39 is 4.93 Å². The van der Waals surface area contributed by atoms with Crippen molar-refractivity contribution in [2.45, 2.75) is 16.2 Å². The maximum absolute atomic E-state index is 6.17. The van der Waals surface area contributed by atoms with Crippen LogP contribution in [0.2, 0.25) is 10.0 Å². The van der Waals surface area contributed by atoms with E-state index in [1.54, 1.807) is 24.9 Å². The molecule has 1 aromatic rings. The normalized spacial score (nSPS) is 23.5. The third kappa shape index (κ3) is 2.07. The van der Waals surface area contributed by atoms with Crippen molar-refractivity contribution >= 4 is 35.0 Å². The molecule has 0 aromatic heterocycles. The van der Waals surface area contributed by atoms with Gasteiger partial charge < -0.3 is 9.47 Å². The highest BCUT2D eigenvalue weighted by molar-refractivity contribution is 8.00. The van der Waals surface area contributed by atoms with Gasteiger partial charge in [0.25, 0.3) is 0 Å². The summed E-state index contributed by atoms with van der Waals surface area (Å²) in [6, 6.07) is 3.75. The topological polar surface area (TPSA) is 18.5 Å². The Morgan fingerprint density at radius 3 is 2.88 bits per heavy atom. The van der Waals surface area contributed by atoms with Gasteiger partial charge in [-0.15, -0.1) is 0 Å². The van der Waals surface area contributed by atoms with Crippen LogP contribution in [-0.2, 0) is 15.9 Å². The van der Waals surface area contributed by atoms with Crippen LogP contribution >= 0.6 is 35.0 Å². The number of thioether (sulfide) groups is 1. The summed E-state index contributed by atoms with van der Waals surface area (Å²) < 4.78 is 10.5. The molecule has 0 saturated carbocycles. The average Bonchev–Trinajstić information content (AvgIpc) is 2.65. The van der Waals surface area contributed by atoms with Gasteiger partial charge in [0.2, 0.25) is 0 Å². The standard InChI is InChI=1S/C11H11Cl2O2S/c1-14-6-11(15-2)5-7-9(16-11)4-3-8(12)10(7)13/h3-4H,1,5-6H2,2H3. The minimum Gasteiger partial charge on any atom is -0.375 e. The van der Waals surface area contributed by atoms with Crippen molar-refractivity contribution in [1.82, 2.24) is 0 Å². The molecule has 87 valence electrons. The quantitative estimate of drug-likeness (QED) is 0.838. The summed E-state index contributed by atoms with van der Waals surface area (Å²) in [6.07, 6.45) is 0.679. The van der Waals surface area contributed by atoms with E-state index in [1.165, 1.54) is 0 Å². The highest BCUT2D eigenvalue weighted by Crippen LogP contribution is 2.49. The van der Waals surface area contributed by atoms with Crippen LogP contribution in [0, 0.1) is 7.11 Å². The predicted octanol–water partition coefficient (Wildman–Crippen LogP) is 3.79. The molecule has 0 amide bonds. The van der Waals surface area contributed by atoms with E-state index in [0.717, 1.165) is 10.5 Å². The number of halogens is 2. The molecule has 2 nitrogen and oxygen atoms in total. The summed E-state index contributed by atoms with van der Waals surface area (Å²) in [4.78, 5) is 0.659. The largest absolute Gasteiger partial charge is 0.375 e. The first-order chi connectivity index (χ1) is 7.62. The number of rotatable bonds is 3. The SMILES string of the molecule is [CH2]OCC1(OC)Cc2c(ccc(Cl)c2Cl)S1. The third-order valence-electron chi connectivity index (χ3n) is 2.59. The maximum Gasteiger partial charge on any atom is 0.145 e. The summed E-state index contributed by atoms with van der Waals surface area (Å²) >= 11 is 13.7. The van der Waals surface area contributed by atoms with E-state index in [1.807, 2.05) is 6.07 Å². The molecular formula is C11H11Cl2O2S. The van der Waals surface area contributed by atoms with Crippen LogP contribution in [0.15, 0.2) is 17.0 Å². The van der Waals surface area contributed by atoms with Gasteiger partial charge in [-0.3, -0.25) is 0 Å². The smallest absolute Gasteiger partial charge is 0.145 e. The van der Waals surface area contributed by atoms with Crippen molar-refractivity contribution in [3.63, 3.8) is 0 Å². The van der Waals surface area contributed by atoms with E-state index in [0.29, 0.717) is 23.1 Å². The summed E-state index contributed by atoms with van der Waals surface area (Å²) in [5.74, 6) is 0. The molecule has 0 aliphatic carbocycles. The average molecular weight is 278 g/mol. The van der Waals surface area contributed by atoms with Gasteiger partial charge in [-0.1, -0.05) is 35.0 Å². The molecule has 16 heavy (non-hydrogen) atoms. The second-order valence-electron chi connectivity index (χ2n) is 3.58. The Hall–Kier alpha value is 0.0700. The fourth-order valence-electron chi connectivity index (χ4n) is 1.75. The number of hydrogen-bond donors (Lipinski definition) is 0. The molecule has 1 aliphatic heterocycles. The molecule has 0 N–H and O–H groups in total. The van der Waals surface area contributed by atoms with Crippen LogP contribution in [0.3, 0.4) is 0 Å². The molecule has 0 bridgehead atoms. The lowest BCUT2D eigenvalue weighted by molar-refractivity contribution is 0.0160. The summed E-state index contributed by atoms with van der Waals surface area (Å²) in [6.45, 7) is 0.413. The van der Waals surface area contributed by atoms with Gasteiger partial charge in [-0.2, -0.15) is 0 Å². The van der Waals surface area contributed by atoms with Gasteiger partial charge in [0.15, 0.2) is 0 Å². The van der Waals surface area contributed by atoms with E-state index in [2.05, 4.69) is 7.11 Å². The lowest BCUT2D eigenvalue weighted by atomic mass is 10.1. The second kappa shape index (κ2) is 4.75. The zero-order chi connectivity index (χ0) is 11.8. The van der Waals surface area contributed by atoms with Crippen LogP contribution in [0.1, 0.15) is 5.56 Å². The van der Waals surface area contributed by atoms with Crippen molar-refractivity contribution in [2.75, 3.05) is 13.7 Å². The van der Waals surface area contributed by atoms with Gasteiger partial charge in [0, 0.05) is 18.4 Å². The Morgan fingerprint density at radius 2 is 2.25 bits per heavy atom. The van der Waals surface area contributed by atoms with Gasteiger partial charge >= 0.3 is 0 Å². The molecular weight excluding hydrogens is 267 g/mol. The molecule has 0 spiro atoms. The first-order valence-electron chi connectivity index (χ1n) is 4.70. The highest BCUT2D eigenvalue weighted by Gasteiger charge is 2.40. The Morgan fingerprint density at radius 1 is 1.50 bits per heavy atom. The van der Waals surface area contributed by atoms with Crippen LogP contribution in [-0.4, -0.2) is 18.6 Å². The van der Waals surface area contributed by atoms with E-state index in [-0.39, 0.29) is 0 Å². The van der Waals surface area contributed by atoms with Gasteiger partial charge in [0.1, 0.15) is 4.93 Å². The Bertz CT molecular complexity index is 411. The van der Waals surface area contributed by atoms with E-state index in [4.69, 9.17) is 32.7 Å². The Labute approximate surface area is 109 Å².